The van der Waals surface area contributed by atoms with Gasteiger partial charge in [-0.1, -0.05) is 19.0 Å². The molecule has 0 aliphatic carbocycles. The Morgan fingerprint density at radius 3 is 2.54 bits per heavy atom. The minimum absolute atomic E-state index is 0.0409. The lowest BCUT2D eigenvalue weighted by Gasteiger charge is -2.34. The topological polar surface area (TPSA) is 86.4 Å². The molecule has 0 aromatic carbocycles. The first-order chi connectivity index (χ1) is 12.6. The highest BCUT2D eigenvalue weighted by Crippen LogP contribution is 2.27. The van der Waals surface area contributed by atoms with Crippen LogP contribution in [0.5, 0.6) is 5.75 Å². The van der Waals surface area contributed by atoms with E-state index in [1.807, 2.05) is 0 Å². The molecule has 3 rings (SSSR count). The van der Waals surface area contributed by atoms with Crippen LogP contribution >= 0.6 is 15.9 Å². The van der Waals surface area contributed by atoms with Gasteiger partial charge in [-0.15, -0.1) is 0 Å². The van der Waals surface area contributed by atoms with Crippen molar-refractivity contribution in [1.29, 1.82) is 0 Å². The molecular weight excluding hydrogens is 402 g/mol. The Hall–Kier alpha value is -1.74. The van der Waals surface area contributed by atoms with Crippen LogP contribution in [0, 0.1) is 5.92 Å². The molecule has 8 nitrogen and oxygen atoms in total. The zero-order chi connectivity index (χ0) is 18.5. The van der Waals surface area contributed by atoms with Gasteiger partial charge in [-0.3, -0.25) is 0 Å². The zero-order valence-electron chi connectivity index (χ0n) is 15.3. The normalized spacial score (nSPS) is 16.9. The summed E-state index contributed by atoms with van der Waals surface area (Å²) in [5.41, 5.74) is 0. The molecule has 1 aliphatic heterocycles. The van der Waals surface area contributed by atoms with Gasteiger partial charge in [0.2, 0.25) is 0 Å². The summed E-state index contributed by atoms with van der Waals surface area (Å²) in [6, 6.07) is 0.609. The largest absolute Gasteiger partial charge is 0.484 e. The Morgan fingerprint density at radius 1 is 1.27 bits per heavy atom. The molecule has 1 unspecified atom stereocenters. The Labute approximate surface area is 161 Å². The number of aromatic nitrogens is 4. The van der Waals surface area contributed by atoms with Crippen LogP contribution < -0.4 is 9.64 Å². The first-order valence-corrected chi connectivity index (χ1v) is 9.57. The molecule has 0 amide bonds. The van der Waals surface area contributed by atoms with Gasteiger partial charge in [0.05, 0.1) is 19.0 Å². The predicted molar refractivity (Wildman–Crippen MR) is 99.3 cm³/mol. The van der Waals surface area contributed by atoms with Crippen molar-refractivity contribution in [2.24, 2.45) is 5.92 Å². The lowest BCUT2D eigenvalue weighted by Crippen LogP contribution is -2.41. The zero-order valence-corrected chi connectivity index (χ0v) is 16.8. The van der Waals surface area contributed by atoms with Gasteiger partial charge in [-0.2, -0.15) is 4.98 Å². The monoisotopic (exact) mass is 425 g/mol. The van der Waals surface area contributed by atoms with Gasteiger partial charge in [0.15, 0.2) is 16.3 Å². The highest BCUT2D eigenvalue weighted by atomic mass is 79.9. The molecule has 2 aromatic rings. The number of hydrogen-bond donors (Lipinski definition) is 0. The third-order valence-corrected chi connectivity index (χ3v) is 4.91. The second-order valence-corrected chi connectivity index (χ2v) is 7.42. The van der Waals surface area contributed by atoms with E-state index in [1.165, 1.54) is 0 Å². The summed E-state index contributed by atoms with van der Waals surface area (Å²) in [5, 5.41) is 4.05. The van der Waals surface area contributed by atoms with Crippen molar-refractivity contribution in [2.45, 2.75) is 38.7 Å². The summed E-state index contributed by atoms with van der Waals surface area (Å²) in [4.78, 5) is 14.8. The fraction of sp³-hybridized carbons (Fsp3) is 0.647. The highest BCUT2D eigenvalue weighted by molar-refractivity contribution is 9.10. The lowest BCUT2D eigenvalue weighted by molar-refractivity contribution is 0.0339. The summed E-state index contributed by atoms with van der Waals surface area (Å²) in [6.45, 7) is 6.34. The van der Waals surface area contributed by atoms with Crippen molar-refractivity contribution in [3.05, 3.63) is 23.0 Å². The molecule has 26 heavy (non-hydrogen) atoms. The molecule has 9 heteroatoms. The Morgan fingerprint density at radius 2 is 1.96 bits per heavy atom. The van der Waals surface area contributed by atoms with E-state index >= 15 is 0 Å². The van der Waals surface area contributed by atoms with E-state index < -0.39 is 0 Å². The molecule has 142 valence electrons. The standard InChI is InChI=1S/C17H24BrN5O3/c1-11(2)15-21-17(26-22-15)23-6-4-12(5-7-23)14(10-24-3)25-13-8-19-16(18)20-9-13/h8-9,11-12,14H,4-7,10H2,1-3H3. The van der Waals surface area contributed by atoms with Gasteiger partial charge in [0.1, 0.15) is 6.10 Å². The third-order valence-electron chi connectivity index (χ3n) is 4.50. The maximum Gasteiger partial charge on any atom is 0.324 e. The van der Waals surface area contributed by atoms with Gasteiger partial charge >= 0.3 is 6.01 Å². The first kappa shape index (κ1) is 19.0. The highest BCUT2D eigenvalue weighted by Gasteiger charge is 2.30. The van der Waals surface area contributed by atoms with E-state index in [0.29, 0.717) is 29.0 Å². The Kier molecular flexibility index (Phi) is 6.42. The van der Waals surface area contributed by atoms with E-state index in [9.17, 15) is 0 Å². The van der Waals surface area contributed by atoms with Crippen LogP contribution in [-0.2, 0) is 4.74 Å². The number of methoxy groups -OCH3 is 1. The molecular formula is C17H24BrN5O3. The number of anilines is 1. The first-order valence-electron chi connectivity index (χ1n) is 8.78. The SMILES string of the molecule is COCC(Oc1cnc(Br)nc1)C1CCN(c2nc(C(C)C)no2)CC1. The van der Waals surface area contributed by atoms with Gasteiger partial charge in [-0.05, 0) is 28.8 Å². The maximum absolute atomic E-state index is 6.09. The third kappa shape index (κ3) is 4.70. The second kappa shape index (κ2) is 8.77. The van der Waals surface area contributed by atoms with E-state index in [2.05, 4.69) is 54.8 Å². The van der Waals surface area contributed by atoms with E-state index in [0.717, 1.165) is 31.8 Å². The summed E-state index contributed by atoms with van der Waals surface area (Å²) in [7, 11) is 1.69. The molecule has 0 spiro atoms. The van der Waals surface area contributed by atoms with Gasteiger partial charge in [0, 0.05) is 32.0 Å². The molecule has 1 saturated heterocycles. The van der Waals surface area contributed by atoms with Crippen LogP contribution in [0.4, 0.5) is 6.01 Å². The number of nitrogens with zero attached hydrogens (tertiary/aromatic N) is 5. The molecule has 0 N–H and O–H groups in total. The van der Waals surface area contributed by atoms with Crippen LogP contribution in [0.25, 0.3) is 0 Å². The van der Waals surface area contributed by atoms with Gasteiger partial charge < -0.3 is 18.9 Å². The molecule has 1 fully saturated rings. The fourth-order valence-electron chi connectivity index (χ4n) is 3.02. The van der Waals surface area contributed by atoms with Crippen molar-refractivity contribution < 1.29 is 14.0 Å². The number of ether oxygens (including phenoxy) is 2. The van der Waals surface area contributed by atoms with Gasteiger partial charge in [-0.25, -0.2) is 9.97 Å². The van der Waals surface area contributed by atoms with Crippen LogP contribution in [0.3, 0.4) is 0 Å². The van der Waals surface area contributed by atoms with Crippen molar-refractivity contribution in [3.63, 3.8) is 0 Å². The number of piperidine rings is 1. The summed E-state index contributed by atoms with van der Waals surface area (Å²) >= 11 is 3.23. The van der Waals surface area contributed by atoms with Crippen LogP contribution in [0.1, 0.15) is 38.4 Å². The number of halogens is 1. The molecule has 0 saturated carbocycles. The van der Waals surface area contributed by atoms with E-state index in [-0.39, 0.29) is 12.0 Å². The summed E-state index contributed by atoms with van der Waals surface area (Å²) in [6.07, 6.45) is 5.22. The molecule has 1 atom stereocenters. The summed E-state index contributed by atoms with van der Waals surface area (Å²) < 4.78 is 17.4. The van der Waals surface area contributed by atoms with E-state index in [1.54, 1.807) is 19.5 Å². The van der Waals surface area contributed by atoms with Crippen molar-refractivity contribution in [3.8, 4) is 5.75 Å². The molecule has 3 heterocycles. The smallest absolute Gasteiger partial charge is 0.324 e. The second-order valence-electron chi connectivity index (χ2n) is 6.71. The van der Waals surface area contributed by atoms with Crippen LogP contribution in [0.2, 0.25) is 0 Å². The van der Waals surface area contributed by atoms with Gasteiger partial charge in [0.25, 0.3) is 0 Å². The van der Waals surface area contributed by atoms with Crippen molar-refractivity contribution >= 4 is 21.9 Å². The quantitative estimate of drug-likeness (QED) is 0.625. The Balaban J connectivity index is 1.59. The molecule has 0 radical (unpaired) electrons. The number of hydrogen-bond acceptors (Lipinski definition) is 8. The minimum Gasteiger partial charge on any atom is -0.484 e. The van der Waals surface area contributed by atoms with Crippen LogP contribution in [0.15, 0.2) is 21.7 Å². The van der Waals surface area contributed by atoms with E-state index in [4.69, 9.17) is 14.0 Å². The predicted octanol–water partition coefficient (Wildman–Crippen LogP) is 3.06. The average Bonchev–Trinajstić information content (AvgIpc) is 3.14. The maximum atomic E-state index is 6.09. The van der Waals surface area contributed by atoms with Crippen molar-refractivity contribution in [2.75, 3.05) is 31.7 Å². The van der Waals surface area contributed by atoms with Crippen molar-refractivity contribution in [1.82, 2.24) is 20.1 Å². The number of rotatable bonds is 7. The van der Waals surface area contributed by atoms with Crippen LogP contribution in [-0.4, -0.2) is 53.0 Å². The minimum atomic E-state index is -0.0409. The average molecular weight is 426 g/mol. The Bertz CT molecular complexity index is 686. The lowest BCUT2D eigenvalue weighted by atomic mass is 9.91. The molecule has 2 aromatic heterocycles. The molecule has 1 aliphatic rings. The summed E-state index contributed by atoms with van der Waals surface area (Å²) in [5.74, 6) is 2.04. The molecule has 0 bridgehead atoms. The fourth-order valence-corrected chi connectivity index (χ4v) is 3.22.